The van der Waals surface area contributed by atoms with Gasteiger partial charge >= 0.3 is 0 Å². The third kappa shape index (κ3) is 3.79. The Kier molecular flexibility index (Phi) is 5.43. The van der Waals surface area contributed by atoms with Crippen LogP contribution < -0.4 is 0 Å². The molecule has 2 atom stereocenters. The number of hydrogen-bond acceptors (Lipinski definition) is 6. The van der Waals surface area contributed by atoms with Crippen molar-refractivity contribution < 1.29 is 18.7 Å². The molecule has 1 saturated heterocycles. The molecule has 2 aromatic heterocycles. The third-order valence-electron chi connectivity index (χ3n) is 4.71. The first kappa shape index (κ1) is 19.2. The van der Waals surface area contributed by atoms with E-state index in [1.54, 1.807) is 38.6 Å². The van der Waals surface area contributed by atoms with Gasteiger partial charge in [0.2, 0.25) is 5.91 Å². The number of amides is 1. The van der Waals surface area contributed by atoms with Gasteiger partial charge in [-0.05, 0) is 18.6 Å². The average Bonchev–Trinajstić information content (AvgIpc) is 2.66. The fourth-order valence-corrected chi connectivity index (χ4v) is 3.17. The predicted octanol–water partition coefficient (Wildman–Crippen LogP) is 1.37. The maximum atomic E-state index is 15.0. The highest BCUT2D eigenvalue weighted by Crippen LogP contribution is 2.44. The molecule has 0 aliphatic carbocycles. The van der Waals surface area contributed by atoms with E-state index < -0.39 is 18.1 Å². The standard InChI is InChI=1S/C18H21F2N5O2/c1-24(2)14(26)11-25-10-5-13(18(19,20)17(25)27)16-15(22-8-9-23-16)12-3-6-21-7-4-12/h3-4,6-9,13,17,27H,5,10-11H2,1-2H3. The van der Waals surface area contributed by atoms with Gasteiger partial charge in [-0.1, -0.05) is 0 Å². The lowest BCUT2D eigenvalue weighted by Crippen LogP contribution is -2.58. The summed E-state index contributed by atoms with van der Waals surface area (Å²) in [6.45, 7) is -0.123. The van der Waals surface area contributed by atoms with Crippen LogP contribution in [0.15, 0.2) is 36.9 Å². The summed E-state index contributed by atoms with van der Waals surface area (Å²) in [6, 6.07) is 3.35. The fourth-order valence-electron chi connectivity index (χ4n) is 3.17. The molecule has 0 saturated carbocycles. The zero-order valence-electron chi connectivity index (χ0n) is 15.1. The lowest BCUT2D eigenvalue weighted by molar-refractivity contribution is -0.211. The van der Waals surface area contributed by atoms with Gasteiger partial charge in [0.1, 0.15) is 0 Å². The molecule has 3 rings (SSSR count). The lowest BCUT2D eigenvalue weighted by Gasteiger charge is -2.42. The van der Waals surface area contributed by atoms with Gasteiger partial charge in [-0.15, -0.1) is 0 Å². The number of likely N-dealkylation sites (tertiary alicyclic amines) is 1. The second-order valence-corrected chi connectivity index (χ2v) is 6.67. The molecule has 0 radical (unpaired) electrons. The molecule has 1 amide bonds. The molecule has 3 heterocycles. The Bertz CT molecular complexity index is 803. The lowest BCUT2D eigenvalue weighted by atomic mass is 9.86. The van der Waals surface area contributed by atoms with Crippen molar-refractivity contribution in [2.45, 2.75) is 24.5 Å². The predicted molar refractivity (Wildman–Crippen MR) is 93.8 cm³/mol. The van der Waals surface area contributed by atoms with E-state index in [0.29, 0.717) is 11.3 Å². The number of rotatable bonds is 4. The molecule has 0 bridgehead atoms. The van der Waals surface area contributed by atoms with E-state index in [2.05, 4.69) is 15.0 Å². The topological polar surface area (TPSA) is 82.5 Å². The molecule has 2 aromatic rings. The largest absolute Gasteiger partial charge is 0.372 e. The minimum Gasteiger partial charge on any atom is -0.372 e. The van der Waals surface area contributed by atoms with E-state index >= 15 is 8.78 Å². The monoisotopic (exact) mass is 377 g/mol. The van der Waals surface area contributed by atoms with Crippen LogP contribution in [-0.2, 0) is 4.79 Å². The number of aliphatic hydroxyl groups excluding tert-OH is 1. The summed E-state index contributed by atoms with van der Waals surface area (Å²) >= 11 is 0. The number of halogens is 2. The van der Waals surface area contributed by atoms with Gasteiger partial charge in [-0.2, -0.15) is 0 Å². The van der Waals surface area contributed by atoms with Gasteiger partial charge in [-0.3, -0.25) is 24.6 Å². The molecule has 9 heteroatoms. The fraction of sp³-hybridized carbons (Fsp3) is 0.444. The van der Waals surface area contributed by atoms with E-state index in [1.165, 1.54) is 17.3 Å². The van der Waals surface area contributed by atoms with E-state index in [1.807, 2.05) is 0 Å². The molecule has 27 heavy (non-hydrogen) atoms. The number of piperidine rings is 1. The maximum absolute atomic E-state index is 15.0. The molecule has 7 nitrogen and oxygen atoms in total. The zero-order chi connectivity index (χ0) is 19.6. The molecule has 1 N–H and O–H groups in total. The molecule has 0 aromatic carbocycles. The molecule has 1 aliphatic rings. The van der Waals surface area contributed by atoms with Crippen LogP contribution in [0.5, 0.6) is 0 Å². The Hall–Kier alpha value is -2.52. The van der Waals surface area contributed by atoms with Crippen LogP contribution in [0.4, 0.5) is 8.78 Å². The van der Waals surface area contributed by atoms with Crippen LogP contribution in [0.3, 0.4) is 0 Å². The number of likely N-dealkylation sites (N-methyl/N-ethyl adjacent to an activating group) is 1. The van der Waals surface area contributed by atoms with Crippen LogP contribution in [0, 0.1) is 0 Å². The highest BCUT2D eigenvalue weighted by molar-refractivity contribution is 5.77. The number of carbonyl (C=O) groups excluding carboxylic acids is 1. The average molecular weight is 377 g/mol. The van der Waals surface area contributed by atoms with Gasteiger partial charge < -0.3 is 10.0 Å². The van der Waals surface area contributed by atoms with Crippen molar-refractivity contribution in [1.82, 2.24) is 24.8 Å². The number of hydrogen-bond donors (Lipinski definition) is 1. The molecule has 2 unspecified atom stereocenters. The number of pyridine rings is 1. The number of nitrogens with zero attached hydrogens (tertiary/aromatic N) is 5. The van der Waals surface area contributed by atoms with Crippen LogP contribution in [0.1, 0.15) is 18.0 Å². The van der Waals surface area contributed by atoms with Gasteiger partial charge in [-0.25, -0.2) is 8.78 Å². The van der Waals surface area contributed by atoms with Gasteiger partial charge in [0.05, 0.1) is 23.9 Å². The van der Waals surface area contributed by atoms with Crippen molar-refractivity contribution in [3.05, 3.63) is 42.6 Å². The smallest absolute Gasteiger partial charge is 0.295 e. The Morgan fingerprint density at radius 2 is 1.93 bits per heavy atom. The Labute approximate surface area is 155 Å². The Balaban J connectivity index is 1.91. The second-order valence-electron chi connectivity index (χ2n) is 6.67. The summed E-state index contributed by atoms with van der Waals surface area (Å²) in [5.41, 5.74) is 1.10. The third-order valence-corrected chi connectivity index (χ3v) is 4.71. The molecule has 1 fully saturated rings. The van der Waals surface area contributed by atoms with Gasteiger partial charge in [0, 0.05) is 51.0 Å². The van der Waals surface area contributed by atoms with Crippen LogP contribution in [0.25, 0.3) is 11.3 Å². The summed E-state index contributed by atoms with van der Waals surface area (Å²) in [5, 5.41) is 10.3. The molecular weight excluding hydrogens is 356 g/mol. The van der Waals surface area contributed by atoms with Crippen molar-refractivity contribution in [3.8, 4) is 11.3 Å². The second kappa shape index (κ2) is 7.61. The minimum absolute atomic E-state index is 0.0432. The first-order valence-corrected chi connectivity index (χ1v) is 8.53. The number of aliphatic hydroxyl groups is 1. The summed E-state index contributed by atoms with van der Waals surface area (Å²) in [4.78, 5) is 26.6. The van der Waals surface area contributed by atoms with Crippen LogP contribution in [0.2, 0.25) is 0 Å². The number of alkyl halides is 2. The van der Waals surface area contributed by atoms with E-state index in [4.69, 9.17) is 0 Å². The summed E-state index contributed by atoms with van der Waals surface area (Å²) in [5.74, 6) is -5.14. The van der Waals surface area contributed by atoms with Crippen molar-refractivity contribution in [1.29, 1.82) is 0 Å². The number of aromatic nitrogens is 3. The van der Waals surface area contributed by atoms with Crippen molar-refractivity contribution in [2.75, 3.05) is 27.2 Å². The van der Waals surface area contributed by atoms with Gasteiger partial charge in [0.25, 0.3) is 5.92 Å². The highest BCUT2D eigenvalue weighted by atomic mass is 19.3. The molecule has 144 valence electrons. The first-order valence-electron chi connectivity index (χ1n) is 8.53. The summed E-state index contributed by atoms with van der Waals surface area (Å²) in [7, 11) is 3.08. The maximum Gasteiger partial charge on any atom is 0.295 e. The zero-order valence-corrected chi connectivity index (χ0v) is 15.1. The number of carbonyl (C=O) groups is 1. The first-order chi connectivity index (χ1) is 12.8. The SMILES string of the molecule is CN(C)C(=O)CN1CCC(c2nccnc2-c2ccncc2)C(F)(F)C1O. The van der Waals surface area contributed by atoms with Crippen LogP contribution in [-0.4, -0.2) is 75.1 Å². The minimum atomic E-state index is -3.48. The summed E-state index contributed by atoms with van der Waals surface area (Å²) in [6.07, 6.45) is 3.88. The molecule has 1 aliphatic heterocycles. The Morgan fingerprint density at radius 3 is 2.59 bits per heavy atom. The van der Waals surface area contributed by atoms with Crippen molar-refractivity contribution in [3.63, 3.8) is 0 Å². The molecular formula is C18H21F2N5O2. The van der Waals surface area contributed by atoms with E-state index in [9.17, 15) is 9.90 Å². The van der Waals surface area contributed by atoms with Crippen molar-refractivity contribution in [2.24, 2.45) is 0 Å². The Morgan fingerprint density at radius 1 is 1.26 bits per heavy atom. The quantitative estimate of drug-likeness (QED) is 0.867. The highest BCUT2D eigenvalue weighted by Gasteiger charge is 2.54. The summed E-state index contributed by atoms with van der Waals surface area (Å²) < 4.78 is 30.1. The van der Waals surface area contributed by atoms with Crippen molar-refractivity contribution >= 4 is 5.91 Å². The van der Waals surface area contributed by atoms with E-state index in [0.717, 1.165) is 4.90 Å². The van der Waals surface area contributed by atoms with Gasteiger partial charge in [0.15, 0.2) is 6.23 Å². The van der Waals surface area contributed by atoms with Crippen LogP contribution >= 0.6 is 0 Å². The normalized spacial score (nSPS) is 22.4. The molecule has 0 spiro atoms. The van der Waals surface area contributed by atoms with E-state index in [-0.39, 0.29) is 31.1 Å².